The predicted octanol–water partition coefficient (Wildman–Crippen LogP) is 2.98. The zero-order chi connectivity index (χ0) is 27.6. The van der Waals surface area contributed by atoms with E-state index in [9.17, 15) is 19.2 Å². The van der Waals surface area contributed by atoms with Crippen LogP contribution in [-0.2, 0) is 28.7 Å². The molecule has 2 aliphatic carbocycles. The van der Waals surface area contributed by atoms with Gasteiger partial charge >= 0.3 is 11.9 Å². The molecule has 1 aromatic rings. The molecule has 8 heteroatoms. The Labute approximate surface area is 224 Å². The molecule has 1 aliphatic heterocycles. The van der Waals surface area contributed by atoms with E-state index in [4.69, 9.17) is 9.47 Å². The number of hydrogen-bond acceptors (Lipinski definition) is 7. The number of hydrogen-bond donors (Lipinski definition) is 0. The van der Waals surface area contributed by atoms with Gasteiger partial charge in [0, 0.05) is 45.6 Å². The summed E-state index contributed by atoms with van der Waals surface area (Å²) < 4.78 is 12.1. The van der Waals surface area contributed by atoms with Gasteiger partial charge in [-0.3, -0.25) is 14.4 Å². The Morgan fingerprint density at radius 2 is 1.79 bits per heavy atom. The number of ether oxygens (including phenoxy) is 2. The van der Waals surface area contributed by atoms with Gasteiger partial charge < -0.3 is 19.3 Å². The third kappa shape index (κ3) is 5.46. The zero-order valence-corrected chi connectivity index (χ0v) is 22.8. The fraction of sp³-hybridized carbons (Fsp3) is 0.533. The molecule has 1 amide bonds. The largest absolute Gasteiger partial charge is 0.461 e. The second-order valence-electron chi connectivity index (χ2n) is 11.2. The highest BCUT2D eigenvalue weighted by molar-refractivity contribution is 5.98. The highest BCUT2D eigenvalue weighted by atomic mass is 16.6. The number of esters is 2. The van der Waals surface area contributed by atoms with E-state index in [2.05, 4.69) is 4.90 Å². The smallest absolute Gasteiger partial charge is 0.331 e. The summed E-state index contributed by atoms with van der Waals surface area (Å²) in [5, 5.41) is 0. The minimum absolute atomic E-state index is 0.0574. The normalized spacial score (nSPS) is 34.1. The fourth-order valence-electron chi connectivity index (χ4n) is 6.51. The maximum absolute atomic E-state index is 13.7. The van der Waals surface area contributed by atoms with E-state index in [0.29, 0.717) is 26.1 Å². The van der Waals surface area contributed by atoms with Crippen molar-refractivity contribution in [2.75, 3.05) is 33.7 Å². The van der Waals surface area contributed by atoms with E-state index < -0.39 is 41.4 Å². The van der Waals surface area contributed by atoms with Crippen LogP contribution in [0, 0.1) is 29.1 Å². The molecule has 0 N–H and O–H groups in total. The topological polar surface area (TPSA) is 93.2 Å². The van der Waals surface area contributed by atoms with Gasteiger partial charge in [0.15, 0.2) is 5.78 Å². The second kappa shape index (κ2) is 11.2. The molecule has 0 aromatic heterocycles. The average Bonchev–Trinajstić information content (AvgIpc) is 3.08. The van der Waals surface area contributed by atoms with Crippen LogP contribution >= 0.6 is 0 Å². The highest BCUT2D eigenvalue weighted by Gasteiger charge is 2.61. The van der Waals surface area contributed by atoms with Crippen LogP contribution in [0.25, 0.3) is 6.08 Å². The van der Waals surface area contributed by atoms with E-state index in [-0.39, 0.29) is 23.5 Å². The monoisotopic (exact) mass is 522 g/mol. The van der Waals surface area contributed by atoms with Gasteiger partial charge in [-0.15, -0.1) is 0 Å². The number of likely N-dealkylation sites (N-methyl/N-ethyl adjacent to an activating group) is 2. The number of rotatable bonds is 5. The SMILES string of the molecule is CC(=O)O[C@H]1[C@H](C2CN(C)CCN(C)C2=O)[C@H](OC(=O)/C=C/c2ccccc2)C[C@@H](C)[C@@H]2C=CC(=O)[C@]21C. The zero-order valence-electron chi connectivity index (χ0n) is 22.8. The fourth-order valence-corrected chi connectivity index (χ4v) is 6.51. The molecule has 2 fully saturated rings. The summed E-state index contributed by atoms with van der Waals surface area (Å²) in [5.41, 5.74) is -0.214. The van der Waals surface area contributed by atoms with E-state index in [1.807, 2.05) is 57.3 Å². The molecule has 1 unspecified atom stereocenters. The maximum atomic E-state index is 13.7. The number of carbonyl (C=O) groups excluding carboxylic acids is 4. The summed E-state index contributed by atoms with van der Waals surface area (Å²) in [6.45, 7) is 6.80. The lowest BCUT2D eigenvalue weighted by Crippen LogP contribution is -2.55. The van der Waals surface area contributed by atoms with Crippen molar-refractivity contribution in [3.63, 3.8) is 0 Å². The van der Waals surface area contributed by atoms with Crippen molar-refractivity contribution in [2.45, 2.75) is 39.4 Å². The molecule has 0 bridgehead atoms. The van der Waals surface area contributed by atoms with E-state index in [1.54, 1.807) is 24.1 Å². The summed E-state index contributed by atoms with van der Waals surface area (Å²) in [6.07, 6.45) is 5.26. The Morgan fingerprint density at radius 1 is 1.08 bits per heavy atom. The van der Waals surface area contributed by atoms with Gasteiger partial charge in [-0.1, -0.05) is 43.3 Å². The lowest BCUT2D eigenvalue weighted by Gasteiger charge is -2.43. The lowest BCUT2D eigenvalue weighted by atomic mass is 9.66. The standard InChI is InChI=1S/C30H38N2O6/c1-19-17-24(38-26(35)14-11-21-9-7-6-8-10-21)27(22-18-31(4)15-16-32(5)29(22)36)28(37-20(2)33)30(3)23(19)12-13-25(30)34/h6-14,19,22-24,27-28H,15-18H2,1-5H3/b14-11+/t19-,22?,23+,24-,27-,28+,30+/m1/s1. The Balaban J connectivity index is 1.78. The van der Waals surface area contributed by atoms with Gasteiger partial charge in [-0.25, -0.2) is 4.79 Å². The molecule has 0 spiro atoms. The van der Waals surface area contributed by atoms with Crippen LogP contribution in [0.4, 0.5) is 0 Å². The summed E-state index contributed by atoms with van der Waals surface area (Å²) in [7, 11) is 3.70. The van der Waals surface area contributed by atoms with Crippen molar-refractivity contribution in [3.05, 3.63) is 54.1 Å². The molecule has 1 saturated carbocycles. The number of benzene rings is 1. The quantitative estimate of drug-likeness (QED) is 0.434. The lowest BCUT2D eigenvalue weighted by molar-refractivity contribution is -0.176. The van der Waals surface area contributed by atoms with E-state index in [0.717, 1.165) is 5.56 Å². The first kappa shape index (κ1) is 27.8. The van der Waals surface area contributed by atoms with Crippen molar-refractivity contribution < 1.29 is 28.7 Å². The van der Waals surface area contributed by atoms with Crippen LogP contribution in [0.3, 0.4) is 0 Å². The third-order valence-electron chi connectivity index (χ3n) is 8.52. The number of nitrogens with zero attached hydrogens (tertiary/aromatic N) is 2. The molecule has 1 heterocycles. The minimum Gasteiger partial charge on any atom is -0.461 e. The van der Waals surface area contributed by atoms with Gasteiger partial charge in [-0.2, -0.15) is 0 Å². The second-order valence-corrected chi connectivity index (χ2v) is 11.2. The van der Waals surface area contributed by atoms with Crippen molar-refractivity contribution >= 4 is 29.7 Å². The Morgan fingerprint density at radius 3 is 2.47 bits per heavy atom. The van der Waals surface area contributed by atoms with Gasteiger partial charge in [0.2, 0.25) is 5.91 Å². The van der Waals surface area contributed by atoms with Crippen molar-refractivity contribution in [1.29, 1.82) is 0 Å². The first-order chi connectivity index (χ1) is 18.0. The van der Waals surface area contributed by atoms with Crippen molar-refractivity contribution in [1.82, 2.24) is 9.80 Å². The van der Waals surface area contributed by atoms with Gasteiger partial charge in [-0.05, 0) is 49.9 Å². The molecular formula is C30H38N2O6. The Kier molecular flexibility index (Phi) is 8.21. The van der Waals surface area contributed by atoms with Gasteiger partial charge in [0.1, 0.15) is 12.2 Å². The molecule has 7 atom stereocenters. The number of ketones is 1. The Hall–Kier alpha value is -3.26. The molecule has 8 nitrogen and oxygen atoms in total. The Bertz CT molecular complexity index is 1130. The summed E-state index contributed by atoms with van der Waals surface area (Å²) in [6, 6.07) is 9.42. The highest BCUT2D eigenvalue weighted by Crippen LogP contribution is 2.53. The molecule has 1 saturated heterocycles. The van der Waals surface area contributed by atoms with Crippen LogP contribution in [0.1, 0.15) is 32.8 Å². The van der Waals surface area contributed by atoms with E-state index in [1.165, 1.54) is 13.0 Å². The molecule has 0 radical (unpaired) electrons. The molecule has 4 rings (SSSR count). The van der Waals surface area contributed by atoms with Crippen LogP contribution in [0.2, 0.25) is 0 Å². The molecule has 3 aliphatic rings. The number of allylic oxidation sites excluding steroid dienone is 2. The van der Waals surface area contributed by atoms with Crippen LogP contribution in [0.15, 0.2) is 48.6 Å². The minimum atomic E-state index is -1.07. The van der Waals surface area contributed by atoms with Crippen LogP contribution < -0.4 is 0 Å². The molecule has 1 aromatic carbocycles. The third-order valence-corrected chi connectivity index (χ3v) is 8.52. The first-order valence-corrected chi connectivity index (χ1v) is 13.3. The van der Waals surface area contributed by atoms with Crippen LogP contribution in [-0.4, -0.2) is 79.4 Å². The van der Waals surface area contributed by atoms with Crippen LogP contribution in [0.5, 0.6) is 0 Å². The van der Waals surface area contributed by atoms with Crippen molar-refractivity contribution in [3.8, 4) is 0 Å². The molecule has 38 heavy (non-hydrogen) atoms. The summed E-state index contributed by atoms with van der Waals surface area (Å²) in [5.74, 6) is -2.94. The molecule has 204 valence electrons. The summed E-state index contributed by atoms with van der Waals surface area (Å²) >= 11 is 0. The summed E-state index contributed by atoms with van der Waals surface area (Å²) in [4.78, 5) is 56.5. The predicted molar refractivity (Wildman–Crippen MR) is 143 cm³/mol. The number of amides is 1. The van der Waals surface area contributed by atoms with E-state index >= 15 is 0 Å². The van der Waals surface area contributed by atoms with Gasteiger partial charge in [0.05, 0.1) is 11.3 Å². The number of fused-ring (bicyclic) bond motifs is 1. The average molecular weight is 523 g/mol. The van der Waals surface area contributed by atoms with Crippen molar-refractivity contribution in [2.24, 2.45) is 29.1 Å². The number of carbonyl (C=O) groups is 4. The molecular weight excluding hydrogens is 484 g/mol. The van der Waals surface area contributed by atoms with Gasteiger partial charge in [0.25, 0.3) is 0 Å². The maximum Gasteiger partial charge on any atom is 0.331 e. The first-order valence-electron chi connectivity index (χ1n) is 13.3.